The molecule has 3 N–H and O–H groups in total. The number of hydrogen-bond acceptors (Lipinski definition) is 4. The lowest BCUT2D eigenvalue weighted by molar-refractivity contribution is 0.267. The van der Waals surface area contributed by atoms with E-state index in [-0.39, 0.29) is 12.4 Å². The van der Waals surface area contributed by atoms with Gasteiger partial charge in [-0.3, -0.25) is 0 Å². The third-order valence-corrected chi connectivity index (χ3v) is 3.39. The topological polar surface area (TPSA) is 61.7 Å². The minimum absolute atomic E-state index is 0.0833. The van der Waals surface area contributed by atoms with Gasteiger partial charge in [0.05, 0.1) is 18.2 Å². The number of aromatic hydroxyl groups is 1. The van der Waals surface area contributed by atoms with Crippen LogP contribution in [0.3, 0.4) is 0 Å². The van der Waals surface area contributed by atoms with Gasteiger partial charge in [0.2, 0.25) is 0 Å². The van der Waals surface area contributed by atoms with Crippen molar-refractivity contribution < 1.29 is 14.9 Å². The Bertz CT molecular complexity index is 616. The molecule has 0 fully saturated rings. The molecule has 0 heterocycles. The molecular formula is C16H18ClNO3. The number of nitrogens with one attached hydrogen (secondary N) is 1. The Balaban J connectivity index is 2.11. The Morgan fingerprint density at radius 2 is 2.00 bits per heavy atom. The number of ether oxygens (including phenoxy) is 1. The molecule has 0 saturated carbocycles. The molecule has 0 aliphatic heterocycles. The molecule has 0 spiro atoms. The largest absolute Gasteiger partial charge is 0.506 e. The van der Waals surface area contributed by atoms with Crippen molar-refractivity contribution in [3.8, 4) is 11.5 Å². The van der Waals surface area contributed by atoms with Crippen molar-refractivity contribution in [2.45, 2.75) is 20.1 Å². The third-order valence-electron chi connectivity index (χ3n) is 3.08. The van der Waals surface area contributed by atoms with Gasteiger partial charge in [0.15, 0.2) is 0 Å². The molecule has 2 aromatic carbocycles. The van der Waals surface area contributed by atoms with Crippen molar-refractivity contribution in [2.24, 2.45) is 0 Å². The number of phenolic OH excluding ortho intramolecular Hbond substituents is 1. The van der Waals surface area contributed by atoms with E-state index in [4.69, 9.17) is 16.3 Å². The van der Waals surface area contributed by atoms with E-state index in [0.29, 0.717) is 29.5 Å². The summed E-state index contributed by atoms with van der Waals surface area (Å²) in [6, 6.07) is 10.7. The van der Waals surface area contributed by atoms with E-state index < -0.39 is 0 Å². The second-order valence-corrected chi connectivity index (χ2v) is 4.92. The average Bonchev–Trinajstić information content (AvgIpc) is 2.50. The molecule has 0 radical (unpaired) electrons. The summed E-state index contributed by atoms with van der Waals surface area (Å²) in [6.07, 6.45) is 0. The zero-order chi connectivity index (χ0) is 15.2. The Morgan fingerprint density at radius 3 is 2.71 bits per heavy atom. The fourth-order valence-electron chi connectivity index (χ4n) is 2.01. The van der Waals surface area contributed by atoms with Crippen molar-refractivity contribution >= 4 is 17.3 Å². The number of rotatable bonds is 6. The van der Waals surface area contributed by atoms with Crippen LogP contribution < -0.4 is 10.1 Å². The van der Waals surface area contributed by atoms with Crippen LogP contribution in [0.2, 0.25) is 5.02 Å². The van der Waals surface area contributed by atoms with Gasteiger partial charge in [-0.1, -0.05) is 23.7 Å². The summed E-state index contributed by atoms with van der Waals surface area (Å²) in [4.78, 5) is 0. The zero-order valence-electron chi connectivity index (χ0n) is 11.8. The SMILES string of the molecule is CCOc1ccc(NCc2cccc(Cl)c2O)cc1CO. The lowest BCUT2D eigenvalue weighted by atomic mass is 10.1. The molecule has 0 aromatic heterocycles. The molecule has 0 amide bonds. The summed E-state index contributed by atoms with van der Waals surface area (Å²) >= 11 is 5.87. The van der Waals surface area contributed by atoms with Crippen LogP contribution in [-0.2, 0) is 13.2 Å². The molecule has 2 rings (SSSR count). The average molecular weight is 308 g/mol. The van der Waals surface area contributed by atoms with Crippen molar-refractivity contribution in [2.75, 3.05) is 11.9 Å². The predicted molar refractivity (Wildman–Crippen MR) is 84.0 cm³/mol. The summed E-state index contributed by atoms with van der Waals surface area (Å²) < 4.78 is 5.44. The summed E-state index contributed by atoms with van der Waals surface area (Å²) in [7, 11) is 0. The summed E-state index contributed by atoms with van der Waals surface area (Å²) in [5, 5.41) is 22.7. The number of benzene rings is 2. The first-order valence-electron chi connectivity index (χ1n) is 6.72. The number of aliphatic hydroxyl groups is 1. The summed E-state index contributed by atoms with van der Waals surface area (Å²) in [6.45, 7) is 2.80. The Hall–Kier alpha value is -1.91. The van der Waals surface area contributed by atoms with Gasteiger partial charge in [-0.25, -0.2) is 0 Å². The predicted octanol–water partition coefficient (Wildman–Crippen LogP) is 3.55. The van der Waals surface area contributed by atoms with E-state index >= 15 is 0 Å². The standard InChI is InChI=1S/C16H18ClNO3/c1-2-21-15-7-6-13(8-12(15)10-19)18-9-11-4-3-5-14(17)16(11)20/h3-8,18-20H,2,9-10H2,1H3. The minimum atomic E-state index is -0.0900. The van der Waals surface area contributed by atoms with Crippen LogP contribution in [0.15, 0.2) is 36.4 Å². The van der Waals surface area contributed by atoms with Gasteiger partial charge in [-0.05, 0) is 31.2 Å². The van der Waals surface area contributed by atoms with E-state index in [0.717, 1.165) is 11.3 Å². The van der Waals surface area contributed by atoms with Crippen LogP contribution in [0.1, 0.15) is 18.1 Å². The van der Waals surface area contributed by atoms with Crippen molar-refractivity contribution in [3.05, 3.63) is 52.5 Å². The number of aliphatic hydroxyl groups excluding tert-OH is 1. The number of anilines is 1. The molecular weight excluding hydrogens is 290 g/mol. The molecule has 0 aliphatic carbocycles. The van der Waals surface area contributed by atoms with Crippen LogP contribution in [0.25, 0.3) is 0 Å². The van der Waals surface area contributed by atoms with Crippen molar-refractivity contribution in [1.82, 2.24) is 0 Å². The number of phenols is 1. The fraction of sp³-hybridized carbons (Fsp3) is 0.250. The molecule has 0 bridgehead atoms. The van der Waals surface area contributed by atoms with Crippen LogP contribution in [-0.4, -0.2) is 16.8 Å². The minimum Gasteiger partial charge on any atom is -0.506 e. The van der Waals surface area contributed by atoms with Crippen LogP contribution in [0.5, 0.6) is 11.5 Å². The van der Waals surface area contributed by atoms with E-state index in [2.05, 4.69) is 5.32 Å². The number of halogens is 1. The molecule has 0 aliphatic rings. The molecule has 21 heavy (non-hydrogen) atoms. The molecule has 0 atom stereocenters. The van der Waals surface area contributed by atoms with E-state index in [9.17, 15) is 10.2 Å². The summed E-state index contributed by atoms with van der Waals surface area (Å²) in [5.41, 5.74) is 2.26. The number of para-hydroxylation sites is 1. The van der Waals surface area contributed by atoms with Gasteiger partial charge in [0.1, 0.15) is 11.5 Å². The molecule has 112 valence electrons. The highest BCUT2D eigenvalue weighted by Gasteiger charge is 2.07. The van der Waals surface area contributed by atoms with Crippen LogP contribution in [0.4, 0.5) is 5.69 Å². The molecule has 4 nitrogen and oxygen atoms in total. The Morgan fingerprint density at radius 1 is 1.19 bits per heavy atom. The fourth-order valence-corrected chi connectivity index (χ4v) is 2.20. The second kappa shape index (κ2) is 7.20. The van der Waals surface area contributed by atoms with Gasteiger partial charge in [0, 0.05) is 23.4 Å². The molecule has 0 unspecified atom stereocenters. The highest BCUT2D eigenvalue weighted by atomic mass is 35.5. The van der Waals surface area contributed by atoms with Crippen molar-refractivity contribution in [3.63, 3.8) is 0 Å². The van der Waals surface area contributed by atoms with E-state index in [1.54, 1.807) is 18.2 Å². The van der Waals surface area contributed by atoms with E-state index in [1.807, 2.05) is 25.1 Å². The quantitative estimate of drug-likeness (QED) is 0.764. The van der Waals surface area contributed by atoms with Gasteiger partial charge in [-0.2, -0.15) is 0 Å². The maximum absolute atomic E-state index is 9.86. The lowest BCUT2D eigenvalue weighted by Gasteiger charge is -2.13. The molecule has 0 saturated heterocycles. The lowest BCUT2D eigenvalue weighted by Crippen LogP contribution is -2.02. The highest BCUT2D eigenvalue weighted by Crippen LogP contribution is 2.28. The summed E-state index contributed by atoms with van der Waals surface area (Å²) in [5.74, 6) is 0.760. The van der Waals surface area contributed by atoms with Gasteiger partial charge < -0.3 is 20.3 Å². The van der Waals surface area contributed by atoms with Gasteiger partial charge in [0.25, 0.3) is 0 Å². The Labute approximate surface area is 129 Å². The number of hydrogen-bond donors (Lipinski definition) is 3. The first-order chi connectivity index (χ1) is 10.2. The first-order valence-corrected chi connectivity index (χ1v) is 7.10. The molecule has 2 aromatic rings. The maximum Gasteiger partial charge on any atom is 0.139 e. The Kier molecular flexibility index (Phi) is 5.31. The monoisotopic (exact) mass is 307 g/mol. The normalized spacial score (nSPS) is 10.4. The zero-order valence-corrected chi connectivity index (χ0v) is 12.5. The second-order valence-electron chi connectivity index (χ2n) is 4.51. The van der Waals surface area contributed by atoms with Crippen LogP contribution >= 0.6 is 11.6 Å². The molecule has 5 heteroatoms. The highest BCUT2D eigenvalue weighted by molar-refractivity contribution is 6.32. The smallest absolute Gasteiger partial charge is 0.139 e. The maximum atomic E-state index is 9.86. The van der Waals surface area contributed by atoms with Crippen LogP contribution in [0, 0.1) is 0 Å². The first kappa shape index (κ1) is 15.5. The third kappa shape index (κ3) is 3.80. The van der Waals surface area contributed by atoms with Gasteiger partial charge in [-0.15, -0.1) is 0 Å². The van der Waals surface area contributed by atoms with Gasteiger partial charge >= 0.3 is 0 Å². The van der Waals surface area contributed by atoms with E-state index in [1.165, 1.54) is 0 Å². The van der Waals surface area contributed by atoms with Crippen molar-refractivity contribution in [1.29, 1.82) is 0 Å².